The van der Waals surface area contributed by atoms with E-state index in [1.165, 1.54) is 23.3 Å². The van der Waals surface area contributed by atoms with Crippen molar-refractivity contribution in [2.45, 2.75) is 52.0 Å². The van der Waals surface area contributed by atoms with Crippen LogP contribution in [0.15, 0.2) is 60.0 Å². The molecular weight excluding hydrogens is 532 g/mol. The van der Waals surface area contributed by atoms with Crippen molar-refractivity contribution >= 4 is 29.0 Å². The molecule has 218 valence electrons. The van der Waals surface area contributed by atoms with Gasteiger partial charge >= 0.3 is 6.03 Å². The second kappa shape index (κ2) is 13.5. The Morgan fingerprint density at radius 1 is 1.02 bits per heavy atom. The molecule has 3 heterocycles. The number of ether oxygens (including phenoxy) is 1. The molecule has 1 atom stereocenters. The molecule has 7 nitrogen and oxygen atoms in total. The lowest BCUT2D eigenvalue weighted by Crippen LogP contribution is -2.50. The summed E-state index contributed by atoms with van der Waals surface area (Å²) in [5, 5.41) is 5.11. The molecule has 1 aromatic heterocycles. The normalized spacial score (nSPS) is 17.0. The topological polar surface area (TPSA) is 65.1 Å². The van der Waals surface area contributed by atoms with Crippen LogP contribution >= 0.6 is 11.3 Å². The number of nitrogens with zero attached hydrogens (tertiary/aromatic N) is 3. The summed E-state index contributed by atoms with van der Waals surface area (Å²) >= 11 is 1.74. The maximum absolute atomic E-state index is 13.9. The second-order valence-electron chi connectivity index (χ2n) is 11.5. The molecule has 0 radical (unpaired) electrons. The minimum absolute atomic E-state index is 0.0323. The average Bonchev–Trinajstić information content (AvgIpc) is 3.67. The van der Waals surface area contributed by atoms with Crippen LogP contribution in [0, 0.1) is 6.92 Å². The van der Waals surface area contributed by atoms with Crippen LogP contribution in [-0.2, 0) is 11.2 Å². The van der Waals surface area contributed by atoms with E-state index in [9.17, 15) is 9.59 Å². The molecule has 1 fully saturated rings. The highest BCUT2D eigenvalue weighted by Gasteiger charge is 2.33. The fourth-order valence-corrected chi connectivity index (χ4v) is 6.54. The number of likely N-dealkylation sites (tertiary alicyclic amines) is 1. The van der Waals surface area contributed by atoms with Gasteiger partial charge < -0.3 is 24.8 Å². The van der Waals surface area contributed by atoms with Crippen LogP contribution < -0.4 is 10.1 Å². The van der Waals surface area contributed by atoms with E-state index < -0.39 is 0 Å². The largest absolute Gasteiger partial charge is 0.491 e. The fraction of sp³-hybridized carbons (Fsp3) is 0.455. The van der Waals surface area contributed by atoms with Crippen molar-refractivity contribution in [1.82, 2.24) is 14.7 Å². The van der Waals surface area contributed by atoms with Gasteiger partial charge in [-0.1, -0.05) is 43.7 Å². The van der Waals surface area contributed by atoms with Crippen LogP contribution in [0.25, 0.3) is 0 Å². The third kappa shape index (κ3) is 7.49. The van der Waals surface area contributed by atoms with Crippen LogP contribution in [0.4, 0.5) is 10.5 Å². The van der Waals surface area contributed by atoms with Crippen molar-refractivity contribution in [3.63, 3.8) is 0 Å². The molecule has 8 heteroatoms. The van der Waals surface area contributed by atoms with Gasteiger partial charge in [0.1, 0.15) is 18.9 Å². The third-order valence-corrected chi connectivity index (χ3v) is 9.17. The molecule has 0 saturated carbocycles. The van der Waals surface area contributed by atoms with Gasteiger partial charge in [-0.15, -0.1) is 11.3 Å². The van der Waals surface area contributed by atoms with Gasteiger partial charge in [-0.25, -0.2) is 4.79 Å². The van der Waals surface area contributed by atoms with Crippen molar-refractivity contribution in [1.29, 1.82) is 0 Å². The number of aryl methyl sites for hydroxylation is 1. The van der Waals surface area contributed by atoms with Gasteiger partial charge in [-0.05, 0) is 92.0 Å². The predicted octanol–water partition coefficient (Wildman–Crippen LogP) is 6.31. The Balaban J connectivity index is 1.29. The van der Waals surface area contributed by atoms with Crippen LogP contribution in [0.1, 0.15) is 60.2 Å². The van der Waals surface area contributed by atoms with E-state index in [1.807, 2.05) is 48.2 Å². The number of urea groups is 1. The number of hydrogen-bond acceptors (Lipinski definition) is 5. The Labute approximate surface area is 248 Å². The van der Waals surface area contributed by atoms with E-state index in [-0.39, 0.29) is 24.5 Å². The highest BCUT2D eigenvalue weighted by Crippen LogP contribution is 2.34. The number of nitrogens with one attached hydrogen (secondary N) is 1. The van der Waals surface area contributed by atoms with Crippen molar-refractivity contribution in [3.8, 4) is 5.75 Å². The van der Waals surface area contributed by atoms with Crippen LogP contribution in [0.2, 0.25) is 0 Å². The van der Waals surface area contributed by atoms with Crippen molar-refractivity contribution in [2.24, 2.45) is 0 Å². The van der Waals surface area contributed by atoms with E-state index in [0.29, 0.717) is 25.6 Å². The Morgan fingerprint density at radius 3 is 2.46 bits per heavy atom. The van der Waals surface area contributed by atoms with Crippen LogP contribution in [0.3, 0.4) is 0 Å². The standard InChI is InChI=1S/C33H42N4O3S/c1-24(2)26-8-12-28(13-9-26)40-23-30-29-15-21-41-31(29)14-18-37(30)32(38)22-36(20-19-35-16-4-5-17-35)33(39)34-27-10-6-25(3)7-11-27/h6-13,15,21,24,30H,4-5,14,16-20,22-23H2,1-3H3,(H,34,39)/t30-/m0/s1. The van der Waals surface area contributed by atoms with Gasteiger partial charge in [0.15, 0.2) is 0 Å². The van der Waals surface area contributed by atoms with Gasteiger partial charge in [-0.3, -0.25) is 4.79 Å². The maximum atomic E-state index is 13.9. The lowest BCUT2D eigenvalue weighted by atomic mass is 10.00. The number of anilines is 1. The Bertz CT molecular complexity index is 1300. The van der Waals surface area contributed by atoms with E-state index in [0.717, 1.165) is 48.6 Å². The van der Waals surface area contributed by atoms with Gasteiger partial charge in [-0.2, -0.15) is 0 Å². The van der Waals surface area contributed by atoms with E-state index in [4.69, 9.17) is 4.74 Å². The number of fused-ring (bicyclic) bond motifs is 1. The summed E-state index contributed by atoms with van der Waals surface area (Å²) < 4.78 is 6.25. The SMILES string of the molecule is Cc1ccc(NC(=O)N(CCN2CCCC2)CC(=O)N2CCc3sccc3[C@@H]2COc2ccc(C(C)C)cc2)cc1. The number of carbonyl (C=O) groups excluding carboxylic acids is 2. The molecule has 0 bridgehead atoms. The zero-order valence-corrected chi connectivity index (χ0v) is 25.3. The summed E-state index contributed by atoms with van der Waals surface area (Å²) in [6.07, 6.45) is 3.20. The number of hydrogen-bond donors (Lipinski definition) is 1. The highest BCUT2D eigenvalue weighted by molar-refractivity contribution is 7.10. The monoisotopic (exact) mass is 574 g/mol. The molecule has 41 heavy (non-hydrogen) atoms. The molecule has 1 N–H and O–H groups in total. The summed E-state index contributed by atoms with van der Waals surface area (Å²) in [4.78, 5) is 34.6. The second-order valence-corrected chi connectivity index (χ2v) is 12.5. The number of rotatable bonds is 10. The number of benzene rings is 2. The van der Waals surface area contributed by atoms with Crippen molar-refractivity contribution in [2.75, 3.05) is 51.2 Å². The quantitative estimate of drug-likeness (QED) is 0.308. The summed E-state index contributed by atoms with van der Waals surface area (Å²) in [5.41, 5.74) is 4.28. The van der Waals surface area contributed by atoms with Gasteiger partial charge in [0.05, 0.1) is 6.04 Å². The molecule has 2 aliphatic rings. The summed E-state index contributed by atoms with van der Waals surface area (Å²) in [6, 6.07) is 17.7. The Hall–Kier alpha value is -3.36. The Morgan fingerprint density at radius 2 is 1.76 bits per heavy atom. The molecule has 2 aliphatic heterocycles. The molecule has 3 aromatic rings. The Kier molecular flexibility index (Phi) is 9.62. The molecule has 2 aromatic carbocycles. The summed E-state index contributed by atoms with van der Waals surface area (Å²) in [7, 11) is 0. The van der Waals surface area contributed by atoms with E-state index in [1.54, 1.807) is 16.2 Å². The average molecular weight is 575 g/mol. The van der Waals surface area contributed by atoms with Crippen LogP contribution in [-0.4, -0.2) is 72.5 Å². The zero-order valence-electron chi connectivity index (χ0n) is 24.5. The first-order valence-corrected chi connectivity index (χ1v) is 15.7. The molecule has 0 aliphatic carbocycles. The van der Waals surface area contributed by atoms with E-state index in [2.05, 4.69) is 47.6 Å². The van der Waals surface area contributed by atoms with Crippen LogP contribution in [0.5, 0.6) is 5.75 Å². The van der Waals surface area contributed by atoms with Gasteiger partial charge in [0, 0.05) is 30.2 Å². The molecule has 1 saturated heterocycles. The molecule has 0 spiro atoms. The van der Waals surface area contributed by atoms with Gasteiger partial charge in [0.25, 0.3) is 0 Å². The van der Waals surface area contributed by atoms with Crippen molar-refractivity contribution in [3.05, 3.63) is 81.5 Å². The first kappa shape index (κ1) is 29.1. The number of carbonyl (C=O) groups is 2. The lowest BCUT2D eigenvalue weighted by Gasteiger charge is -2.37. The highest BCUT2D eigenvalue weighted by atomic mass is 32.1. The predicted molar refractivity (Wildman–Crippen MR) is 166 cm³/mol. The molecule has 0 unspecified atom stereocenters. The smallest absolute Gasteiger partial charge is 0.322 e. The maximum Gasteiger partial charge on any atom is 0.322 e. The molecule has 5 rings (SSSR count). The lowest BCUT2D eigenvalue weighted by molar-refractivity contribution is -0.135. The molecule has 3 amide bonds. The first-order valence-electron chi connectivity index (χ1n) is 14.8. The first-order chi connectivity index (χ1) is 19.9. The minimum Gasteiger partial charge on any atom is -0.491 e. The zero-order chi connectivity index (χ0) is 28.8. The van der Waals surface area contributed by atoms with Crippen molar-refractivity contribution < 1.29 is 14.3 Å². The number of amides is 3. The summed E-state index contributed by atoms with van der Waals surface area (Å²) in [6.45, 7) is 10.8. The minimum atomic E-state index is -0.243. The fourth-order valence-electron chi connectivity index (χ4n) is 5.61. The van der Waals surface area contributed by atoms with Gasteiger partial charge in [0.2, 0.25) is 5.91 Å². The summed E-state index contributed by atoms with van der Waals surface area (Å²) in [5.74, 6) is 1.21. The third-order valence-electron chi connectivity index (χ3n) is 8.17. The molecular formula is C33H42N4O3S. The van der Waals surface area contributed by atoms with E-state index >= 15 is 0 Å². The number of thiophene rings is 1.